The molecule has 1 aliphatic heterocycles. The van der Waals surface area contributed by atoms with Gasteiger partial charge in [0.2, 0.25) is 5.91 Å². The summed E-state index contributed by atoms with van der Waals surface area (Å²) in [6.45, 7) is 1.40. The molecule has 0 aromatic heterocycles. The van der Waals surface area contributed by atoms with Crippen LogP contribution in [0.2, 0.25) is 0 Å². The minimum Gasteiger partial charge on any atom is -0.465 e. The van der Waals surface area contributed by atoms with Crippen molar-refractivity contribution >= 4 is 18.0 Å². The molecule has 5 nitrogen and oxygen atoms in total. The number of amides is 1. The molecule has 118 valence electrons. The van der Waals surface area contributed by atoms with Gasteiger partial charge in [-0.1, -0.05) is 12.1 Å². The smallest absolute Gasteiger partial charge is 0.337 e. The standard InChI is InChI=1S/C17H21NO4/c1-18(12-15-4-3-11-22-15)16(19)10-7-13-5-8-14(9-6-13)17(20)21-2/h5-10,15H,3-4,11-12H2,1-2H3/b10-7-/t15-/m0/s1. The minimum absolute atomic E-state index is 0.0625. The number of carbonyl (C=O) groups excluding carboxylic acids is 2. The van der Waals surface area contributed by atoms with E-state index in [9.17, 15) is 9.59 Å². The Kier molecular flexibility index (Phi) is 5.72. The van der Waals surface area contributed by atoms with Gasteiger partial charge in [0.1, 0.15) is 0 Å². The Morgan fingerprint density at radius 1 is 1.36 bits per heavy atom. The zero-order chi connectivity index (χ0) is 15.9. The van der Waals surface area contributed by atoms with Crippen LogP contribution in [0.4, 0.5) is 0 Å². The molecular weight excluding hydrogens is 282 g/mol. The monoisotopic (exact) mass is 303 g/mol. The second-order valence-corrected chi connectivity index (χ2v) is 5.30. The zero-order valence-corrected chi connectivity index (χ0v) is 13.0. The van der Waals surface area contributed by atoms with Gasteiger partial charge in [0.15, 0.2) is 0 Å². The van der Waals surface area contributed by atoms with Gasteiger partial charge < -0.3 is 14.4 Å². The summed E-state index contributed by atoms with van der Waals surface area (Å²) in [5.41, 5.74) is 1.34. The lowest BCUT2D eigenvalue weighted by Crippen LogP contribution is -2.32. The summed E-state index contributed by atoms with van der Waals surface area (Å²) in [7, 11) is 3.12. The quantitative estimate of drug-likeness (QED) is 0.617. The van der Waals surface area contributed by atoms with Crippen LogP contribution < -0.4 is 0 Å². The highest BCUT2D eigenvalue weighted by Gasteiger charge is 2.18. The number of carbonyl (C=O) groups is 2. The first-order chi connectivity index (χ1) is 10.6. The van der Waals surface area contributed by atoms with Crippen LogP contribution >= 0.6 is 0 Å². The first kappa shape index (κ1) is 16.2. The van der Waals surface area contributed by atoms with E-state index >= 15 is 0 Å². The molecule has 5 heteroatoms. The molecule has 0 saturated carbocycles. The molecule has 1 aromatic rings. The fourth-order valence-electron chi connectivity index (χ4n) is 2.33. The molecule has 0 N–H and O–H groups in total. The third-order valence-electron chi connectivity index (χ3n) is 3.63. The molecule has 1 aromatic carbocycles. The van der Waals surface area contributed by atoms with Crippen molar-refractivity contribution in [3.63, 3.8) is 0 Å². The molecule has 2 rings (SSSR count). The van der Waals surface area contributed by atoms with Crippen molar-refractivity contribution in [2.24, 2.45) is 0 Å². The Morgan fingerprint density at radius 3 is 2.68 bits per heavy atom. The number of benzene rings is 1. The Morgan fingerprint density at radius 2 is 2.09 bits per heavy atom. The first-order valence-corrected chi connectivity index (χ1v) is 7.33. The maximum absolute atomic E-state index is 12.0. The zero-order valence-electron chi connectivity index (χ0n) is 13.0. The van der Waals surface area contributed by atoms with E-state index in [1.165, 1.54) is 13.2 Å². The predicted octanol–water partition coefficient (Wildman–Crippen LogP) is 2.12. The number of hydrogen-bond acceptors (Lipinski definition) is 4. The van der Waals surface area contributed by atoms with Crippen molar-refractivity contribution < 1.29 is 19.1 Å². The second kappa shape index (κ2) is 7.75. The number of rotatable bonds is 5. The second-order valence-electron chi connectivity index (χ2n) is 5.30. The topological polar surface area (TPSA) is 55.8 Å². The summed E-state index contributed by atoms with van der Waals surface area (Å²) < 4.78 is 10.2. The van der Waals surface area contributed by atoms with E-state index in [4.69, 9.17) is 4.74 Å². The van der Waals surface area contributed by atoms with E-state index in [1.54, 1.807) is 42.3 Å². The highest BCUT2D eigenvalue weighted by atomic mass is 16.5. The average molecular weight is 303 g/mol. The van der Waals surface area contributed by atoms with Crippen molar-refractivity contribution in [3.8, 4) is 0 Å². The summed E-state index contributed by atoms with van der Waals surface area (Å²) in [6, 6.07) is 6.89. The summed E-state index contributed by atoms with van der Waals surface area (Å²) in [6.07, 6.45) is 5.49. The Hall–Kier alpha value is -2.14. The lowest BCUT2D eigenvalue weighted by Gasteiger charge is -2.19. The largest absolute Gasteiger partial charge is 0.465 e. The highest BCUT2D eigenvalue weighted by molar-refractivity contribution is 5.92. The van der Waals surface area contributed by atoms with Gasteiger partial charge in [-0.25, -0.2) is 4.79 Å². The summed E-state index contributed by atoms with van der Waals surface area (Å²) in [4.78, 5) is 25.0. The number of hydrogen-bond donors (Lipinski definition) is 0. The van der Waals surface area contributed by atoms with Crippen molar-refractivity contribution in [2.45, 2.75) is 18.9 Å². The van der Waals surface area contributed by atoms with Crippen molar-refractivity contribution in [1.29, 1.82) is 0 Å². The van der Waals surface area contributed by atoms with Crippen LogP contribution in [0.5, 0.6) is 0 Å². The molecule has 0 bridgehead atoms. The van der Waals surface area contributed by atoms with Gasteiger partial charge in [-0.15, -0.1) is 0 Å². The van der Waals surface area contributed by atoms with Gasteiger partial charge in [-0.05, 0) is 36.6 Å². The fourth-order valence-corrected chi connectivity index (χ4v) is 2.33. The molecule has 0 spiro atoms. The third-order valence-corrected chi connectivity index (χ3v) is 3.63. The van der Waals surface area contributed by atoms with E-state index in [1.807, 2.05) is 0 Å². The molecule has 22 heavy (non-hydrogen) atoms. The summed E-state index contributed by atoms with van der Waals surface area (Å²) >= 11 is 0. The van der Waals surface area contributed by atoms with Crippen LogP contribution in [0.15, 0.2) is 30.3 Å². The van der Waals surface area contributed by atoms with Crippen LogP contribution in [0.1, 0.15) is 28.8 Å². The average Bonchev–Trinajstić information content (AvgIpc) is 3.05. The fraction of sp³-hybridized carbons (Fsp3) is 0.412. The molecule has 0 radical (unpaired) electrons. The van der Waals surface area contributed by atoms with Gasteiger partial charge in [0.25, 0.3) is 0 Å². The van der Waals surface area contributed by atoms with Gasteiger partial charge >= 0.3 is 5.97 Å². The van der Waals surface area contributed by atoms with Crippen LogP contribution in [-0.4, -0.2) is 50.2 Å². The normalized spacial score (nSPS) is 17.6. The maximum Gasteiger partial charge on any atom is 0.337 e. The third kappa shape index (κ3) is 4.43. The predicted molar refractivity (Wildman–Crippen MR) is 83.4 cm³/mol. The van der Waals surface area contributed by atoms with Gasteiger partial charge in [-0.2, -0.15) is 0 Å². The van der Waals surface area contributed by atoms with Crippen LogP contribution in [0.25, 0.3) is 6.08 Å². The van der Waals surface area contributed by atoms with E-state index < -0.39 is 0 Å². The van der Waals surface area contributed by atoms with Crippen LogP contribution in [0, 0.1) is 0 Å². The first-order valence-electron chi connectivity index (χ1n) is 7.33. The Balaban J connectivity index is 1.89. The van der Waals surface area contributed by atoms with Gasteiger partial charge in [0.05, 0.1) is 18.8 Å². The SMILES string of the molecule is COC(=O)c1ccc(/C=C\C(=O)N(C)C[C@@H]2CCCO2)cc1. The number of esters is 1. The number of nitrogens with zero attached hydrogens (tertiary/aromatic N) is 1. The number of methoxy groups -OCH3 is 1. The molecule has 1 aliphatic rings. The number of likely N-dealkylation sites (N-methyl/N-ethyl adjacent to an activating group) is 1. The molecule has 1 amide bonds. The van der Waals surface area contributed by atoms with Gasteiger partial charge in [-0.3, -0.25) is 4.79 Å². The van der Waals surface area contributed by atoms with E-state index in [2.05, 4.69) is 4.74 Å². The maximum atomic E-state index is 12.0. The van der Waals surface area contributed by atoms with Crippen molar-refractivity contribution in [2.75, 3.05) is 27.3 Å². The highest BCUT2D eigenvalue weighted by Crippen LogP contribution is 2.13. The molecular formula is C17H21NO4. The van der Waals surface area contributed by atoms with E-state index in [-0.39, 0.29) is 18.0 Å². The molecule has 1 fully saturated rings. The van der Waals surface area contributed by atoms with E-state index in [0.29, 0.717) is 12.1 Å². The Bertz CT molecular complexity index is 544. The molecule has 1 atom stereocenters. The van der Waals surface area contributed by atoms with E-state index in [0.717, 1.165) is 25.0 Å². The molecule has 1 saturated heterocycles. The lowest BCUT2D eigenvalue weighted by atomic mass is 10.1. The summed E-state index contributed by atoms with van der Waals surface area (Å²) in [5, 5.41) is 0. The molecule has 0 aliphatic carbocycles. The molecule has 1 heterocycles. The van der Waals surface area contributed by atoms with Gasteiger partial charge in [0, 0.05) is 26.3 Å². The molecule has 0 unspecified atom stereocenters. The lowest BCUT2D eigenvalue weighted by molar-refractivity contribution is -0.126. The minimum atomic E-state index is -0.372. The van der Waals surface area contributed by atoms with Crippen molar-refractivity contribution in [1.82, 2.24) is 4.90 Å². The van der Waals surface area contributed by atoms with Crippen molar-refractivity contribution in [3.05, 3.63) is 41.5 Å². The Labute approximate surface area is 130 Å². The van der Waals surface area contributed by atoms with Crippen LogP contribution in [0.3, 0.4) is 0 Å². The van der Waals surface area contributed by atoms with Crippen LogP contribution in [-0.2, 0) is 14.3 Å². The summed E-state index contributed by atoms with van der Waals surface area (Å²) in [5.74, 6) is -0.435. The number of ether oxygens (including phenoxy) is 2.